The second-order valence-corrected chi connectivity index (χ2v) is 4.55. The number of aromatic nitrogens is 1. The Labute approximate surface area is 108 Å². The summed E-state index contributed by atoms with van der Waals surface area (Å²) in [6.07, 6.45) is 2.55. The Morgan fingerprint density at radius 1 is 1.65 bits per heavy atom. The van der Waals surface area contributed by atoms with Gasteiger partial charge in [-0.05, 0) is 34.5 Å². The largest absolute Gasteiger partial charge is 0.468 e. The molecule has 2 atom stereocenters. The predicted molar refractivity (Wildman–Crippen MR) is 66.3 cm³/mol. The first-order valence-corrected chi connectivity index (χ1v) is 5.92. The number of carbonyl (C=O) groups excluding carboxylic acids is 1. The van der Waals surface area contributed by atoms with E-state index in [0.29, 0.717) is 6.54 Å². The average Bonchev–Trinajstić information content (AvgIpc) is 2.28. The molecular weight excluding hydrogens is 288 g/mol. The van der Waals surface area contributed by atoms with Gasteiger partial charge in [-0.25, -0.2) is 0 Å². The molecule has 0 aromatic carbocycles. The van der Waals surface area contributed by atoms with Gasteiger partial charge in [-0.2, -0.15) is 0 Å². The van der Waals surface area contributed by atoms with Gasteiger partial charge in [0.05, 0.1) is 13.2 Å². The van der Waals surface area contributed by atoms with Crippen LogP contribution in [0.2, 0.25) is 0 Å². The van der Waals surface area contributed by atoms with E-state index in [9.17, 15) is 9.90 Å². The van der Waals surface area contributed by atoms with Gasteiger partial charge >= 0.3 is 5.97 Å². The minimum absolute atomic E-state index is 0.428. The number of aliphatic hydroxyl groups is 1. The maximum atomic E-state index is 11.4. The van der Waals surface area contributed by atoms with Gasteiger partial charge in [0.15, 0.2) is 0 Å². The van der Waals surface area contributed by atoms with Gasteiger partial charge in [0.25, 0.3) is 0 Å². The van der Waals surface area contributed by atoms with Crippen molar-refractivity contribution < 1.29 is 14.6 Å². The summed E-state index contributed by atoms with van der Waals surface area (Å²) in [6.45, 7) is 1.96. The third kappa shape index (κ3) is 4.41. The van der Waals surface area contributed by atoms with Crippen molar-refractivity contribution in [3.05, 3.63) is 28.5 Å². The van der Waals surface area contributed by atoms with Gasteiger partial charge < -0.3 is 9.84 Å². The van der Waals surface area contributed by atoms with Gasteiger partial charge in [-0.3, -0.25) is 15.1 Å². The van der Waals surface area contributed by atoms with Crippen molar-refractivity contribution >= 4 is 21.9 Å². The van der Waals surface area contributed by atoms with E-state index < -0.39 is 18.1 Å². The standard InChI is InChI=1S/C11H15BrN2O3/c1-7(15)10(11(16)17-2)14-5-8-3-9(12)6-13-4-8/h3-4,6-7,10,14-15H,5H2,1-2H3. The Morgan fingerprint density at radius 2 is 2.35 bits per heavy atom. The van der Waals surface area contributed by atoms with Crippen LogP contribution in [0.1, 0.15) is 12.5 Å². The van der Waals surface area contributed by atoms with Crippen molar-refractivity contribution in [2.45, 2.75) is 25.6 Å². The summed E-state index contributed by atoms with van der Waals surface area (Å²) in [5.74, 6) is -0.483. The van der Waals surface area contributed by atoms with Crippen LogP contribution in [-0.4, -0.2) is 35.3 Å². The molecule has 1 rings (SSSR count). The van der Waals surface area contributed by atoms with E-state index in [-0.39, 0.29) is 0 Å². The van der Waals surface area contributed by atoms with Crippen LogP contribution in [0.15, 0.2) is 22.9 Å². The number of carbonyl (C=O) groups is 1. The molecule has 0 spiro atoms. The SMILES string of the molecule is COC(=O)C(NCc1cncc(Br)c1)C(C)O. The number of nitrogens with one attached hydrogen (secondary N) is 1. The van der Waals surface area contributed by atoms with Crippen molar-refractivity contribution in [1.82, 2.24) is 10.3 Å². The van der Waals surface area contributed by atoms with E-state index >= 15 is 0 Å². The molecule has 2 unspecified atom stereocenters. The van der Waals surface area contributed by atoms with Crippen LogP contribution in [-0.2, 0) is 16.1 Å². The molecular formula is C11H15BrN2O3. The molecule has 0 bridgehead atoms. The van der Waals surface area contributed by atoms with Crippen LogP contribution in [0.5, 0.6) is 0 Å². The Bertz CT molecular complexity index is 385. The summed E-state index contributed by atoms with van der Waals surface area (Å²) in [5.41, 5.74) is 0.911. The molecule has 2 N–H and O–H groups in total. The fraction of sp³-hybridized carbons (Fsp3) is 0.455. The number of hydrogen-bond donors (Lipinski definition) is 2. The Balaban J connectivity index is 2.61. The number of hydrogen-bond acceptors (Lipinski definition) is 5. The zero-order valence-corrected chi connectivity index (χ0v) is 11.3. The second kappa shape index (κ2) is 6.68. The second-order valence-electron chi connectivity index (χ2n) is 3.63. The van der Waals surface area contributed by atoms with E-state index in [1.807, 2.05) is 6.07 Å². The molecule has 0 aliphatic carbocycles. The molecule has 0 aliphatic rings. The van der Waals surface area contributed by atoms with Gasteiger partial charge in [-0.15, -0.1) is 0 Å². The average molecular weight is 303 g/mol. The van der Waals surface area contributed by atoms with Crippen LogP contribution in [0.25, 0.3) is 0 Å². The molecule has 17 heavy (non-hydrogen) atoms. The number of methoxy groups -OCH3 is 1. The van der Waals surface area contributed by atoms with Crippen molar-refractivity contribution in [3.63, 3.8) is 0 Å². The molecule has 0 saturated heterocycles. The van der Waals surface area contributed by atoms with Crippen LogP contribution in [0.4, 0.5) is 0 Å². The van der Waals surface area contributed by atoms with Crippen molar-refractivity contribution in [1.29, 1.82) is 0 Å². The van der Waals surface area contributed by atoms with Crippen molar-refractivity contribution in [3.8, 4) is 0 Å². The van der Waals surface area contributed by atoms with E-state index in [1.165, 1.54) is 14.0 Å². The number of ether oxygens (including phenoxy) is 1. The molecule has 0 saturated carbocycles. The zero-order valence-electron chi connectivity index (χ0n) is 9.68. The first-order chi connectivity index (χ1) is 8.04. The minimum atomic E-state index is -0.817. The molecule has 94 valence electrons. The quantitative estimate of drug-likeness (QED) is 0.789. The van der Waals surface area contributed by atoms with Crippen molar-refractivity contribution in [2.75, 3.05) is 7.11 Å². The highest BCUT2D eigenvalue weighted by atomic mass is 79.9. The number of esters is 1. The summed E-state index contributed by atoms with van der Waals surface area (Å²) in [6, 6.07) is 1.15. The first-order valence-electron chi connectivity index (χ1n) is 5.13. The van der Waals surface area contributed by atoms with Crippen LogP contribution < -0.4 is 5.32 Å². The van der Waals surface area contributed by atoms with Gasteiger partial charge in [0.1, 0.15) is 6.04 Å². The Morgan fingerprint density at radius 3 is 2.88 bits per heavy atom. The highest BCUT2D eigenvalue weighted by Crippen LogP contribution is 2.09. The molecule has 0 amide bonds. The molecule has 0 aliphatic heterocycles. The summed E-state index contributed by atoms with van der Waals surface area (Å²) >= 11 is 3.31. The lowest BCUT2D eigenvalue weighted by Crippen LogP contribution is -2.45. The smallest absolute Gasteiger partial charge is 0.325 e. The monoisotopic (exact) mass is 302 g/mol. The maximum Gasteiger partial charge on any atom is 0.325 e. The maximum absolute atomic E-state index is 11.4. The fourth-order valence-electron chi connectivity index (χ4n) is 1.36. The number of halogens is 1. The van der Waals surface area contributed by atoms with E-state index in [1.54, 1.807) is 12.4 Å². The van der Waals surface area contributed by atoms with E-state index in [4.69, 9.17) is 0 Å². The highest BCUT2D eigenvalue weighted by Gasteiger charge is 2.23. The molecule has 0 fully saturated rings. The molecule has 1 heterocycles. The van der Waals surface area contributed by atoms with Gasteiger partial charge in [0, 0.05) is 23.4 Å². The Hall–Kier alpha value is -0.980. The number of pyridine rings is 1. The lowest BCUT2D eigenvalue weighted by atomic mass is 10.1. The lowest BCUT2D eigenvalue weighted by molar-refractivity contribution is -0.145. The summed E-state index contributed by atoms with van der Waals surface area (Å²) in [4.78, 5) is 15.4. The summed E-state index contributed by atoms with van der Waals surface area (Å²) in [7, 11) is 1.29. The summed E-state index contributed by atoms with van der Waals surface area (Å²) in [5, 5.41) is 12.4. The fourth-order valence-corrected chi connectivity index (χ4v) is 1.77. The molecule has 0 radical (unpaired) electrons. The van der Waals surface area contributed by atoms with Crippen LogP contribution in [0.3, 0.4) is 0 Å². The number of nitrogens with zero attached hydrogens (tertiary/aromatic N) is 1. The van der Waals surface area contributed by atoms with Crippen LogP contribution >= 0.6 is 15.9 Å². The van der Waals surface area contributed by atoms with Gasteiger partial charge in [0.2, 0.25) is 0 Å². The van der Waals surface area contributed by atoms with Crippen LogP contribution in [0, 0.1) is 0 Å². The number of aliphatic hydroxyl groups excluding tert-OH is 1. The molecule has 6 heteroatoms. The minimum Gasteiger partial charge on any atom is -0.468 e. The van der Waals surface area contributed by atoms with Crippen molar-refractivity contribution in [2.24, 2.45) is 0 Å². The van der Waals surface area contributed by atoms with E-state index in [0.717, 1.165) is 10.0 Å². The third-order valence-electron chi connectivity index (χ3n) is 2.23. The summed E-state index contributed by atoms with van der Waals surface area (Å²) < 4.78 is 5.46. The normalized spacial score (nSPS) is 14.1. The number of rotatable bonds is 5. The third-order valence-corrected chi connectivity index (χ3v) is 2.66. The lowest BCUT2D eigenvalue weighted by Gasteiger charge is -2.18. The molecule has 5 nitrogen and oxygen atoms in total. The topological polar surface area (TPSA) is 71.5 Å². The van der Waals surface area contributed by atoms with Gasteiger partial charge in [-0.1, -0.05) is 0 Å². The van der Waals surface area contributed by atoms with E-state index in [2.05, 4.69) is 31.0 Å². The first kappa shape index (κ1) is 14.1. The highest BCUT2D eigenvalue weighted by molar-refractivity contribution is 9.10. The molecule has 1 aromatic rings. The Kier molecular flexibility index (Phi) is 5.54. The molecule has 1 aromatic heterocycles. The predicted octanol–water partition coefficient (Wildman–Crippen LogP) is 0.856. The zero-order chi connectivity index (χ0) is 12.8.